The molecule has 25 heavy (non-hydrogen) atoms. The van der Waals surface area contributed by atoms with Crippen LogP contribution in [0.4, 0.5) is 11.5 Å². The molecule has 3 heterocycles. The van der Waals surface area contributed by atoms with Crippen LogP contribution in [0.15, 0.2) is 48.8 Å². The molecule has 1 N–H and O–H groups in total. The van der Waals surface area contributed by atoms with Crippen molar-refractivity contribution in [3.8, 4) is 5.69 Å². The molecule has 0 saturated carbocycles. The first-order valence-corrected chi connectivity index (χ1v) is 8.30. The molecular weight excluding hydrogens is 316 g/mol. The first-order valence-electron chi connectivity index (χ1n) is 8.30. The molecule has 1 saturated heterocycles. The lowest BCUT2D eigenvalue weighted by Crippen LogP contribution is -2.34. The van der Waals surface area contributed by atoms with Crippen LogP contribution in [0.1, 0.15) is 12.1 Å². The molecule has 1 aromatic carbocycles. The number of anilines is 2. The Morgan fingerprint density at radius 3 is 2.76 bits per heavy atom. The van der Waals surface area contributed by atoms with Gasteiger partial charge in [0.1, 0.15) is 11.9 Å². The number of carbonyl (C=O) groups is 1. The maximum atomic E-state index is 12.7. The van der Waals surface area contributed by atoms with E-state index in [9.17, 15) is 4.79 Å². The monoisotopic (exact) mass is 336 g/mol. The van der Waals surface area contributed by atoms with Gasteiger partial charge in [-0.3, -0.25) is 14.4 Å². The van der Waals surface area contributed by atoms with Crippen LogP contribution in [0.5, 0.6) is 0 Å². The molecule has 0 aliphatic carbocycles. The minimum atomic E-state index is -0.247. The van der Waals surface area contributed by atoms with Crippen LogP contribution in [-0.4, -0.2) is 38.1 Å². The van der Waals surface area contributed by atoms with E-state index in [2.05, 4.69) is 15.5 Å². The first-order chi connectivity index (χ1) is 12.1. The largest absolute Gasteiger partial charge is 0.371 e. The minimum Gasteiger partial charge on any atom is -0.371 e. The van der Waals surface area contributed by atoms with Crippen LogP contribution in [0.25, 0.3) is 5.69 Å². The molecule has 128 valence electrons. The van der Waals surface area contributed by atoms with Crippen LogP contribution in [0, 0.1) is 6.92 Å². The highest BCUT2D eigenvalue weighted by Crippen LogP contribution is 2.24. The van der Waals surface area contributed by atoms with E-state index >= 15 is 0 Å². The second-order valence-electron chi connectivity index (χ2n) is 6.25. The SMILES string of the molecule is Cc1cc(N2CC[C@H](Nc3cnn(-c4ccccc4)c3)C2=O)n(C)n1. The maximum Gasteiger partial charge on any atom is 0.250 e. The topological polar surface area (TPSA) is 68.0 Å². The van der Waals surface area contributed by atoms with Gasteiger partial charge in [-0.15, -0.1) is 0 Å². The predicted molar refractivity (Wildman–Crippen MR) is 95.9 cm³/mol. The molecule has 4 rings (SSSR count). The van der Waals surface area contributed by atoms with E-state index in [0.717, 1.165) is 29.3 Å². The molecule has 1 amide bonds. The van der Waals surface area contributed by atoms with Crippen LogP contribution >= 0.6 is 0 Å². The van der Waals surface area contributed by atoms with Crippen LogP contribution < -0.4 is 10.2 Å². The highest BCUT2D eigenvalue weighted by molar-refractivity contribution is 6.00. The van der Waals surface area contributed by atoms with E-state index in [0.29, 0.717) is 6.54 Å². The number of benzene rings is 1. The first kappa shape index (κ1) is 15.4. The molecule has 3 aromatic rings. The fourth-order valence-electron chi connectivity index (χ4n) is 3.21. The molecule has 2 aromatic heterocycles. The summed E-state index contributed by atoms with van der Waals surface area (Å²) >= 11 is 0. The van der Waals surface area contributed by atoms with Gasteiger partial charge in [-0.05, 0) is 25.5 Å². The van der Waals surface area contributed by atoms with Gasteiger partial charge in [-0.2, -0.15) is 10.2 Å². The van der Waals surface area contributed by atoms with E-state index in [1.807, 2.05) is 56.6 Å². The molecule has 7 nitrogen and oxygen atoms in total. The van der Waals surface area contributed by atoms with Crippen LogP contribution in [0.2, 0.25) is 0 Å². The Kier molecular flexibility index (Phi) is 3.76. The van der Waals surface area contributed by atoms with Crippen molar-refractivity contribution in [2.45, 2.75) is 19.4 Å². The number of rotatable bonds is 4. The van der Waals surface area contributed by atoms with Crippen molar-refractivity contribution in [1.82, 2.24) is 19.6 Å². The number of hydrogen-bond acceptors (Lipinski definition) is 4. The Bertz CT molecular complexity index is 897. The molecule has 0 radical (unpaired) electrons. The lowest BCUT2D eigenvalue weighted by atomic mass is 10.2. The van der Waals surface area contributed by atoms with Gasteiger partial charge >= 0.3 is 0 Å². The summed E-state index contributed by atoms with van der Waals surface area (Å²) in [6.07, 6.45) is 4.40. The maximum absolute atomic E-state index is 12.7. The average molecular weight is 336 g/mol. The van der Waals surface area contributed by atoms with Crippen molar-refractivity contribution < 1.29 is 4.79 Å². The zero-order valence-electron chi connectivity index (χ0n) is 14.3. The molecular formula is C18H20N6O. The van der Waals surface area contributed by atoms with Crippen molar-refractivity contribution in [3.05, 3.63) is 54.5 Å². The molecule has 0 bridgehead atoms. The van der Waals surface area contributed by atoms with Gasteiger partial charge in [0.05, 0.1) is 29.5 Å². The number of nitrogens with zero attached hydrogens (tertiary/aromatic N) is 5. The summed E-state index contributed by atoms with van der Waals surface area (Å²) < 4.78 is 3.55. The smallest absolute Gasteiger partial charge is 0.250 e. The second kappa shape index (κ2) is 6.08. The van der Waals surface area contributed by atoms with Crippen molar-refractivity contribution >= 4 is 17.4 Å². The van der Waals surface area contributed by atoms with Crippen LogP contribution in [0.3, 0.4) is 0 Å². The fourth-order valence-corrected chi connectivity index (χ4v) is 3.21. The molecule has 1 fully saturated rings. The zero-order chi connectivity index (χ0) is 17.4. The molecule has 1 aliphatic heterocycles. The van der Waals surface area contributed by atoms with E-state index in [4.69, 9.17) is 0 Å². The molecule has 7 heteroatoms. The Morgan fingerprint density at radius 2 is 2.04 bits per heavy atom. The van der Waals surface area contributed by atoms with Gasteiger partial charge in [0, 0.05) is 19.7 Å². The Balaban J connectivity index is 1.48. The number of para-hydroxylation sites is 1. The molecule has 1 atom stereocenters. The number of nitrogens with one attached hydrogen (secondary N) is 1. The second-order valence-corrected chi connectivity index (χ2v) is 6.25. The van der Waals surface area contributed by atoms with Gasteiger partial charge in [0.15, 0.2) is 0 Å². The van der Waals surface area contributed by atoms with Crippen LogP contribution in [-0.2, 0) is 11.8 Å². The average Bonchev–Trinajstić information content (AvgIpc) is 3.30. The summed E-state index contributed by atoms with van der Waals surface area (Å²) in [5, 5.41) is 12.0. The van der Waals surface area contributed by atoms with E-state index in [1.54, 1.807) is 20.5 Å². The van der Waals surface area contributed by atoms with Gasteiger partial charge in [-0.25, -0.2) is 4.68 Å². The summed E-state index contributed by atoms with van der Waals surface area (Å²) in [6, 6.07) is 11.6. The third-order valence-corrected chi connectivity index (χ3v) is 4.40. The highest BCUT2D eigenvalue weighted by Gasteiger charge is 2.34. The lowest BCUT2D eigenvalue weighted by molar-refractivity contribution is -0.117. The predicted octanol–water partition coefficient (Wildman–Crippen LogP) is 2.13. The third kappa shape index (κ3) is 2.88. The standard InChI is InChI=1S/C18H20N6O/c1-13-10-17(22(2)21-13)23-9-8-16(18(23)25)20-14-11-19-24(12-14)15-6-4-3-5-7-15/h3-7,10-12,16,20H,8-9H2,1-2H3/t16-/m0/s1. The molecule has 1 aliphatic rings. The van der Waals surface area contributed by atoms with Gasteiger partial charge in [0.2, 0.25) is 0 Å². The lowest BCUT2D eigenvalue weighted by Gasteiger charge is -2.16. The van der Waals surface area contributed by atoms with E-state index in [-0.39, 0.29) is 11.9 Å². The summed E-state index contributed by atoms with van der Waals surface area (Å²) in [4.78, 5) is 14.5. The minimum absolute atomic E-state index is 0.0652. The van der Waals surface area contributed by atoms with Gasteiger partial charge in [0.25, 0.3) is 5.91 Å². The summed E-state index contributed by atoms with van der Waals surface area (Å²) in [5.74, 6) is 0.905. The van der Waals surface area contributed by atoms with E-state index in [1.165, 1.54) is 0 Å². The van der Waals surface area contributed by atoms with Crippen molar-refractivity contribution in [1.29, 1.82) is 0 Å². The number of aryl methyl sites for hydroxylation is 2. The number of carbonyl (C=O) groups excluding carboxylic acids is 1. The van der Waals surface area contributed by atoms with Crippen molar-refractivity contribution in [2.24, 2.45) is 7.05 Å². The zero-order valence-corrected chi connectivity index (χ0v) is 14.3. The molecule has 0 unspecified atom stereocenters. The fraction of sp³-hybridized carbons (Fsp3) is 0.278. The van der Waals surface area contributed by atoms with Crippen molar-refractivity contribution in [2.75, 3.05) is 16.8 Å². The van der Waals surface area contributed by atoms with Crippen molar-refractivity contribution in [3.63, 3.8) is 0 Å². The quantitative estimate of drug-likeness (QED) is 0.792. The number of amides is 1. The Hall–Kier alpha value is -3.09. The number of hydrogen-bond donors (Lipinski definition) is 1. The van der Waals surface area contributed by atoms with Gasteiger partial charge < -0.3 is 5.32 Å². The summed E-state index contributed by atoms with van der Waals surface area (Å²) in [7, 11) is 1.86. The highest BCUT2D eigenvalue weighted by atomic mass is 16.2. The van der Waals surface area contributed by atoms with E-state index < -0.39 is 0 Å². The number of aromatic nitrogens is 4. The van der Waals surface area contributed by atoms with Gasteiger partial charge in [-0.1, -0.05) is 18.2 Å². The summed E-state index contributed by atoms with van der Waals surface area (Å²) in [6.45, 7) is 2.61. The third-order valence-electron chi connectivity index (χ3n) is 4.40. The molecule has 0 spiro atoms. The normalized spacial score (nSPS) is 17.3. The Morgan fingerprint density at radius 1 is 1.24 bits per heavy atom. The summed E-state index contributed by atoms with van der Waals surface area (Å²) in [5.41, 5.74) is 2.73. The Labute approximate surface area is 145 Å².